The van der Waals surface area contributed by atoms with Crippen LogP contribution in [0.5, 0.6) is 0 Å². The van der Waals surface area contributed by atoms with Gasteiger partial charge in [-0.1, -0.05) is 43.3 Å². The summed E-state index contributed by atoms with van der Waals surface area (Å²) < 4.78 is 27.7. The highest BCUT2D eigenvalue weighted by Gasteiger charge is 2.29. The van der Waals surface area contributed by atoms with Gasteiger partial charge in [-0.15, -0.1) is 0 Å². The van der Waals surface area contributed by atoms with E-state index >= 15 is 0 Å². The fourth-order valence-corrected chi connectivity index (χ4v) is 3.11. The van der Waals surface area contributed by atoms with Gasteiger partial charge >= 0.3 is 6.03 Å². The lowest BCUT2D eigenvalue weighted by Crippen LogP contribution is -2.43. The molecule has 0 aliphatic carbocycles. The van der Waals surface area contributed by atoms with Crippen LogP contribution in [0.1, 0.15) is 30.5 Å². The summed E-state index contributed by atoms with van der Waals surface area (Å²) in [7, 11) is 3.41. The van der Waals surface area contributed by atoms with Crippen molar-refractivity contribution in [1.82, 2.24) is 9.80 Å². The van der Waals surface area contributed by atoms with Gasteiger partial charge in [-0.3, -0.25) is 0 Å². The molecule has 0 bridgehead atoms. The van der Waals surface area contributed by atoms with E-state index in [1.807, 2.05) is 43.3 Å². The Kier molecular flexibility index (Phi) is 7.70. The Bertz CT molecular complexity index is 822. The van der Waals surface area contributed by atoms with E-state index in [9.17, 15) is 13.6 Å². The normalized spacial score (nSPS) is 16.0. The van der Waals surface area contributed by atoms with Gasteiger partial charge in [-0.05, 0) is 42.3 Å². The predicted octanol–water partition coefficient (Wildman–Crippen LogP) is 4.44. The summed E-state index contributed by atoms with van der Waals surface area (Å²) in [5, 5.41) is 0. The maximum Gasteiger partial charge on any atom is 0.320 e. The summed E-state index contributed by atoms with van der Waals surface area (Å²) in [6.07, 6.45) is 2.33. The number of carbonyl (C=O) groups excluding carboxylic acids is 1. The lowest BCUT2D eigenvalue weighted by Gasteiger charge is -2.36. The van der Waals surface area contributed by atoms with Gasteiger partial charge in [0.2, 0.25) is 0 Å². The molecule has 0 saturated carbocycles. The van der Waals surface area contributed by atoms with Gasteiger partial charge in [-0.2, -0.15) is 0 Å². The average molecular weight is 387 g/mol. The second-order valence-electron chi connectivity index (χ2n) is 6.70. The Morgan fingerprint density at radius 3 is 2.43 bits per heavy atom. The second kappa shape index (κ2) is 9.99. The molecule has 150 valence electrons. The second-order valence-corrected chi connectivity index (χ2v) is 6.70. The zero-order valence-corrected chi connectivity index (χ0v) is 16.5. The topological polar surface area (TPSA) is 49.6 Å². The number of halogens is 2. The van der Waals surface area contributed by atoms with Gasteiger partial charge in [0.15, 0.2) is 0 Å². The van der Waals surface area contributed by atoms with E-state index in [1.54, 1.807) is 19.0 Å². The van der Waals surface area contributed by atoms with E-state index < -0.39 is 11.6 Å². The molecule has 2 aromatic carbocycles. The number of urea groups is 1. The van der Waals surface area contributed by atoms with Crippen molar-refractivity contribution in [3.8, 4) is 0 Å². The molecule has 1 unspecified atom stereocenters. The fourth-order valence-electron chi connectivity index (χ4n) is 3.11. The summed E-state index contributed by atoms with van der Waals surface area (Å²) in [5.41, 5.74) is 6.76. The molecule has 2 N–H and O–H groups in total. The van der Waals surface area contributed by atoms with Crippen molar-refractivity contribution in [2.45, 2.75) is 19.4 Å². The highest BCUT2D eigenvalue weighted by Crippen LogP contribution is 2.35. The first kappa shape index (κ1) is 21.6. The summed E-state index contributed by atoms with van der Waals surface area (Å²) in [6, 6.07) is 12.6. The molecule has 1 aliphatic heterocycles. The van der Waals surface area contributed by atoms with E-state index in [0.717, 1.165) is 24.2 Å². The van der Waals surface area contributed by atoms with Crippen molar-refractivity contribution in [1.29, 1.82) is 0 Å². The Balaban J connectivity index is 0.000000878. The smallest absolute Gasteiger partial charge is 0.320 e. The van der Waals surface area contributed by atoms with E-state index in [1.165, 1.54) is 11.0 Å². The molecule has 6 heteroatoms. The fraction of sp³-hybridized carbons (Fsp3) is 0.318. The van der Waals surface area contributed by atoms with Gasteiger partial charge < -0.3 is 15.5 Å². The van der Waals surface area contributed by atoms with Crippen LogP contribution >= 0.6 is 0 Å². The molecule has 0 fully saturated rings. The largest absolute Gasteiger partial charge is 0.331 e. The van der Waals surface area contributed by atoms with Crippen LogP contribution in [0.4, 0.5) is 13.6 Å². The lowest BCUT2D eigenvalue weighted by molar-refractivity contribution is 0.158. The molecule has 0 aromatic heterocycles. The van der Waals surface area contributed by atoms with E-state index in [2.05, 4.69) is 0 Å². The van der Waals surface area contributed by atoms with Gasteiger partial charge in [0, 0.05) is 26.2 Å². The molecule has 2 aromatic rings. The number of carbonyl (C=O) groups is 1. The average Bonchev–Trinajstić information content (AvgIpc) is 2.70. The van der Waals surface area contributed by atoms with Gasteiger partial charge in [0.1, 0.15) is 11.6 Å². The molecule has 0 radical (unpaired) electrons. The summed E-state index contributed by atoms with van der Waals surface area (Å²) in [5.74, 6) is -0.924. The highest BCUT2D eigenvalue weighted by molar-refractivity contribution is 5.77. The van der Waals surface area contributed by atoms with Crippen molar-refractivity contribution < 1.29 is 13.6 Å². The first-order valence-corrected chi connectivity index (χ1v) is 9.28. The molecule has 1 aliphatic rings. The molecule has 4 nitrogen and oxygen atoms in total. The van der Waals surface area contributed by atoms with Crippen molar-refractivity contribution in [3.05, 3.63) is 77.4 Å². The van der Waals surface area contributed by atoms with Crippen LogP contribution in [0.15, 0.2) is 54.6 Å². The molecule has 2 amide bonds. The van der Waals surface area contributed by atoms with E-state index in [4.69, 9.17) is 5.73 Å². The summed E-state index contributed by atoms with van der Waals surface area (Å²) in [6.45, 7) is 3.10. The van der Waals surface area contributed by atoms with Crippen LogP contribution in [0.25, 0.3) is 5.57 Å². The third-order valence-electron chi connectivity index (χ3n) is 4.36. The zero-order chi connectivity index (χ0) is 20.7. The van der Waals surface area contributed by atoms with Crippen molar-refractivity contribution in [2.24, 2.45) is 5.73 Å². The van der Waals surface area contributed by atoms with Crippen LogP contribution in [-0.4, -0.2) is 43.0 Å². The van der Waals surface area contributed by atoms with Crippen LogP contribution < -0.4 is 5.73 Å². The van der Waals surface area contributed by atoms with Crippen molar-refractivity contribution in [3.63, 3.8) is 0 Å². The van der Waals surface area contributed by atoms with Crippen LogP contribution in [-0.2, 0) is 0 Å². The molecule has 28 heavy (non-hydrogen) atoms. The Morgan fingerprint density at radius 1 is 1.18 bits per heavy atom. The standard InChI is InChI=1S/C20H20F2N2O.C2H7N/c1-23(2)20(25)24-11-10-15(17-13-16(21)8-9-18(17)22)12-19(24)14-6-4-3-5-7-14;1-2-3/h3-9,12-13,19H,10-11H2,1-2H3;2-3H2,1H3. The molecular weight excluding hydrogens is 360 g/mol. The van der Waals surface area contributed by atoms with Crippen LogP contribution in [0.2, 0.25) is 0 Å². The van der Waals surface area contributed by atoms with Crippen molar-refractivity contribution in [2.75, 3.05) is 27.2 Å². The minimum Gasteiger partial charge on any atom is -0.331 e. The summed E-state index contributed by atoms with van der Waals surface area (Å²) in [4.78, 5) is 15.8. The molecule has 0 spiro atoms. The monoisotopic (exact) mass is 387 g/mol. The van der Waals surface area contributed by atoms with Gasteiger partial charge in [0.05, 0.1) is 6.04 Å². The maximum atomic E-state index is 14.2. The number of hydrogen-bond donors (Lipinski definition) is 1. The lowest BCUT2D eigenvalue weighted by atomic mass is 9.92. The van der Waals surface area contributed by atoms with Crippen LogP contribution in [0, 0.1) is 11.6 Å². The summed E-state index contributed by atoms with van der Waals surface area (Å²) >= 11 is 0. The molecule has 1 atom stereocenters. The number of nitrogens with two attached hydrogens (primary N) is 1. The SMILES string of the molecule is CCN.CN(C)C(=O)N1CCC(c2cc(F)ccc2F)=CC1c1ccccc1. The molecule has 1 heterocycles. The third kappa shape index (κ3) is 5.16. The Hall–Kier alpha value is -2.73. The van der Waals surface area contributed by atoms with Gasteiger partial charge in [-0.25, -0.2) is 13.6 Å². The molecular formula is C22H27F2N3O. The van der Waals surface area contributed by atoms with E-state index in [0.29, 0.717) is 18.5 Å². The number of amides is 2. The minimum absolute atomic E-state index is 0.108. The molecule has 3 rings (SSSR count). The van der Waals surface area contributed by atoms with Crippen LogP contribution in [0.3, 0.4) is 0 Å². The number of rotatable bonds is 2. The number of benzene rings is 2. The maximum absolute atomic E-state index is 14.2. The third-order valence-corrected chi connectivity index (χ3v) is 4.36. The predicted molar refractivity (Wildman–Crippen MR) is 109 cm³/mol. The number of nitrogens with zero attached hydrogens (tertiary/aromatic N) is 2. The Labute approximate surface area is 165 Å². The first-order valence-electron chi connectivity index (χ1n) is 9.28. The highest BCUT2D eigenvalue weighted by atomic mass is 19.1. The zero-order valence-electron chi connectivity index (χ0n) is 16.5. The first-order chi connectivity index (χ1) is 13.4. The van der Waals surface area contributed by atoms with E-state index in [-0.39, 0.29) is 17.6 Å². The molecule has 0 saturated heterocycles. The Morgan fingerprint density at radius 2 is 1.82 bits per heavy atom. The minimum atomic E-state index is -0.472. The van der Waals surface area contributed by atoms with Crippen molar-refractivity contribution >= 4 is 11.6 Å². The van der Waals surface area contributed by atoms with Gasteiger partial charge in [0.25, 0.3) is 0 Å². The quantitative estimate of drug-likeness (QED) is 0.828. The number of hydrogen-bond acceptors (Lipinski definition) is 2.